The zero-order chi connectivity index (χ0) is 13.3. The minimum atomic E-state index is -0.695. The molecule has 0 radical (unpaired) electrons. The highest BCUT2D eigenvalue weighted by atomic mass is 79.9. The fourth-order valence-corrected chi connectivity index (χ4v) is 2.20. The molecule has 1 aliphatic rings. The summed E-state index contributed by atoms with van der Waals surface area (Å²) in [5.41, 5.74) is 5.85. The number of anilines is 1. The molecule has 18 heavy (non-hydrogen) atoms. The summed E-state index contributed by atoms with van der Waals surface area (Å²) in [5, 5.41) is 3.36. The maximum atomic E-state index is 12.2. The largest absolute Gasteiger partial charge is 0.379 e. The van der Waals surface area contributed by atoms with E-state index in [-0.39, 0.29) is 11.9 Å². The first kappa shape index (κ1) is 13.8. The van der Waals surface area contributed by atoms with Crippen molar-refractivity contribution < 1.29 is 9.53 Å². The summed E-state index contributed by atoms with van der Waals surface area (Å²) in [4.78, 5) is 12.2. The SMILES string of the molecule is CC1(C(=O)Nc2ccc(Br)c(Cl)c2)COCC1N. The third-order valence-corrected chi connectivity index (χ3v) is 4.45. The molecule has 1 aromatic carbocycles. The average molecular weight is 334 g/mol. The van der Waals surface area contributed by atoms with Crippen molar-refractivity contribution in [3.05, 3.63) is 27.7 Å². The van der Waals surface area contributed by atoms with Crippen LogP contribution in [0.3, 0.4) is 0 Å². The molecule has 0 aromatic heterocycles. The van der Waals surface area contributed by atoms with E-state index in [2.05, 4.69) is 21.2 Å². The zero-order valence-electron chi connectivity index (χ0n) is 9.87. The molecule has 3 N–H and O–H groups in total. The number of carbonyl (C=O) groups excluding carboxylic acids is 1. The third kappa shape index (κ3) is 2.54. The van der Waals surface area contributed by atoms with Crippen LogP contribution in [0.1, 0.15) is 6.92 Å². The van der Waals surface area contributed by atoms with E-state index in [1.54, 1.807) is 25.1 Å². The van der Waals surface area contributed by atoms with E-state index in [9.17, 15) is 4.79 Å². The summed E-state index contributed by atoms with van der Waals surface area (Å²) in [5.74, 6) is -0.147. The standard InChI is InChI=1S/C12H14BrClN2O2/c1-12(6-18-5-10(12)15)11(17)16-7-2-3-8(13)9(14)4-7/h2-4,10H,5-6,15H2,1H3,(H,16,17). The highest BCUT2D eigenvalue weighted by Crippen LogP contribution is 2.30. The lowest BCUT2D eigenvalue weighted by Gasteiger charge is -2.25. The van der Waals surface area contributed by atoms with Gasteiger partial charge in [-0.25, -0.2) is 0 Å². The van der Waals surface area contributed by atoms with E-state index < -0.39 is 5.41 Å². The minimum Gasteiger partial charge on any atom is -0.379 e. The summed E-state index contributed by atoms with van der Waals surface area (Å²) in [6, 6.07) is 4.96. The van der Waals surface area contributed by atoms with Crippen LogP contribution >= 0.6 is 27.5 Å². The molecular weight excluding hydrogens is 320 g/mol. The first-order chi connectivity index (χ1) is 8.43. The number of hydrogen-bond acceptors (Lipinski definition) is 3. The Labute approximate surface area is 119 Å². The van der Waals surface area contributed by atoms with Gasteiger partial charge in [0.2, 0.25) is 5.91 Å². The first-order valence-corrected chi connectivity index (χ1v) is 6.70. The van der Waals surface area contributed by atoms with Gasteiger partial charge in [-0.05, 0) is 41.1 Å². The highest BCUT2D eigenvalue weighted by Gasteiger charge is 2.44. The third-order valence-electron chi connectivity index (χ3n) is 3.21. The molecule has 0 aliphatic carbocycles. The predicted molar refractivity (Wildman–Crippen MR) is 74.7 cm³/mol. The Balaban J connectivity index is 2.14. The monoisotopic (exact) mass is 332 g/mol. The van der Waals surface area contributed by atoms with E-state index >= 15 is 0 Å². The summed E-state index contributed by atoms with van der Waals surface area (Å²) >= 11 is 9.27. The molecule has 1 aromatic rings. The van der Waals surface area contributed by atoms with Crippen molar-refractivity contribution in [1.82, 2.24) is 0 Å². The molecule has 1 fully saturated rings. The Morgan fingerprint density at radius 2 is 2.39 bits per heavy atom. The van der Waals surface area contributed by atoms with Crippen LogP contribution in [-0.4, -0.2) is 25.2 Å². The topological polar surface area (TPSA) is 64.3 Å². The predicted octanol–water partition coefficient (Wildman–Crippen LogP) is 2.40. The van der Waals surface area contributed by atoms with Gasteiger partial charge in [-0.2, -0.15) is 0 Å². The number of halogens is 2. The maximum Gasteiger partial charge on any atom is 0.234 e. The van der Waals surface area contributed by atoms with Crippen LogP contribution in [0.2, 0.25) is 5.02 Å². The average Bonchev–Trinajstić information content (AvgIpc) is 2.66. The van der Waals surface area contributed by atoms with Gasteiger partial charge >= 0.3 is 0 Å². The van der Waals surface area contributed by atoms with Gasteiger partial charge in [0.15, 0.2) is 0 Å². The number of nitrogens with two attached hydrogens (primary N) is 1. The number of nitrogens with one attached hydrogen (secondary N) is 1. The zero-order valence-corrected chi connectivity index (χ0v) is 12.2. The number of ether oxygens (including phenoxy) is 1. The van der Waals surface area contributed by atoms with Gasteiger partial charge in [-0.15, -0.1) is 0 Å². The summed E-state index contributed by atoms with van der Waals surface area (Å²) in [7, 11) is 0. The summed E-state index contributed by atoms with van der Waals surface area (Å²) in [6.45, 7) is 2.55. The molecule has 1 aliphatic heterocycles. The maximum absolute atomic E-state index is 12.2. The molecule has 2 rings (SSSR count). The van der Waals surface area contributed by atoms with Gasteiger partial charge in [-0.1, -0.05) is 11.6 Å². The summed E-state index contributed by atoms with van der Waals surface area (Å²) in [6.07, 6.45) is 0. The van der Waals surface area contributed by atoms with Crippen LogP contribution < -0.4 is 11.1 Å². The molecule has 2 atom stereocenters. The van der Waals surface area contributed by atoms with Crippen molar-refractivity contribution in [2.75, 3.05) is 18.5 Å². The molecule has 6 heteroatoms. The van der Waals surface area contributed by atoms with E-state index in [4.69, 9.17) is 22.1 Å². The second-order valence-electron chi connectivity index (χ2n) is 4.62. The van der Waals surface area contributed by atoms with Crippen molar-refractivity contribution in [1.29, 1.82) is 0 Å². The second-order valence-corrected chi connectivity index (χ2v) is 5.88. The Morgan fingerprint density at radius 3 is 2.94 bits per heavy atom. The Hall–Kier alpha value is -0.620. The van der Waals surface area contributed by atoms with Crippen LogP contribution in [-0.2, 0) is 9.53 Å². The van der Waals surface area contributed by atoms with Crippen molar-refractivity contribution in [3.8, 4) is 0 Å². The van der Waals surface area contributed by atoms with Gasteiger partial charge in [0.25, 0.3) is 0 Å². The lowest BCUT2D eigenvalue weighted by Crippen LogP contribution is -2.47. The van der Waals surface area contributed by atoms with E-state index in [1.165, 1.54) is 0 Å². The fourth-order valence-electron chi connectivity index (χ4n) is 1.77. The highest BCUT2D eigenvalue weighted by molar-refractivity contribution is 9.10. The van der Waals surface area contributed by atoms with Crippen molar-refractivity contribution in [2.24, 2.45) is 11.1 Å². The van der Waals surface area contributed by atoms with Gasteiger partial charge in [0, 0.05) is 16.2 Å². The molecule has 0 bridgehead atoms. The van der Waals surface area contributed by atoms with Crippen molar-refractivity contribution in [2.45, 2.75) is 13.0 Å². The minimum absolute atomic E-state index is 0.147. The van der Waals surface area contributed by atoms with Crippen LogP contribution in [0.25, 0.3) is 0 Å². The van der Waals surface area contributed by atoms with Gasteiger partial charge in [0.05, 0.1) is 23.7 Å². The van der Waals surface area contributed by atoms with E-state index in [0.29, 0.717) is 23.9 Å². The Morgan fingerprint density at radius 1 is 1.67 bits per heavy atom. The van der Waals surface area contributed by atoms with Gasteiger partial charge < -0.3 is 15.8 Å². The number of amides is 1. The second kappa shape index (κ2) is 5.17. The number of carbonyl (C=O) groups is 1. The number of rotatable bonds is 2. The lowest BCUT2D eigenvalue weighted by molar-refractivity contribution is -0.125. The van der Waals surface area contributed by atoms with Crippen LogP contribution in [0.5, 0.6) is 0 Å². The van der Waals surface area contributed by atoms with Crippen molar-refractivity contribution in [3.63, 3.8) is 0 Å². The molecule has 98 valence electrons. The molecule has 1 amide bonds. The van der Waals surface area contributed by atoms with Crippen molar-refractivity contribution >= 4 is 39.1 Å². The quantitative estimate of drug-likeness (QED) is 0.873. The Bertz CT molecular complexity index is 483. The fraction of sp³-hybridized carbons (Fsp3) is 0.417. The molecule has 1 heterocycles. The molecule has 0 saturated carbocycles. The molecular formula is C12H14BrClN2O2. The first-order valence-electron chi connectivity index (χ1n) is 5.53. The normalized spacial score (nSPS) is 27.2. The van der Waals surface area contributed by atoms with Crippen LogP contribution in [0.15, 0.2) is 22.7 Å². The van der Waals surface area contributed by atoms with Gasteiger partial charge in [0.1, 0.15) is 0 Å². The lowest BCUT2D eigenvalue weighted by atomic mass is 9.85. The van der Waals surface area contributed by atoms with E-state index in [0.717, 1.165) is 4.47 Å². The molecule has 4 nitrogen and oxygen atoms in total. The van der Waals surface area contributed by atoms with Crippen LogP contribution in [0.4, 0.5) is 5.69 Å². The van der Waals surface area contributed by atoms with Gasteiger partial charge in [-0.3, -0.25) is 4.79 Å². The van der Waals surface area contributed by atoms with E-state index in [1.807, 2.05) is 0 Å². The number of hydrogen-bond donors (Lipinski definition) is 2. The molecule has 0 spiro atoms. The van der Waals surface area contributed by atoms with Crippen LogP contribution in [0, 0.1) is 5.41 Å². The molecule has 1 saturated heterocycles. The summed E-state index contributed by atoms with van der Waals surface area (Å²) < 4.78 is 6.04. The smallest absolute Gasteiger partial charge is 0.234 e. The molecule has 2 unspecified atom stereocenters. The number of benzene rings is 1. The Kier molecular flexibility index (Phi) is 3.96.